The van der Waals surface area contributed by atoms with E-state index in [4.69, 9.17) is 20.7 Å². The number of carbonyl (C=O) groups excluding carboxylic acids is 4. The lowest BCUT2D eigenvalue weighted by molar-refractivity contribution is -0.166. The molecule has 8 N–H and O–H groups in total. The number of amides is 3. The molecule has 14 nitrogen and oxygen atoms in total. The second-order valence-corrected chi connectivity index (χ2v) is 12.0. The summed E-state index contributed by atoms with van der Waals surface area (Å²) < 4.78 is 6.03. The van der Waals surface area contributed by atoms with E-state index in [9.17, 15) is 33.9 Å². The van der Waals surface area contributed by atoms with Crippen molar-refractivity contribution in [2.24, 2.45) is 17.6 Å². The fraction of sp³-hybridized carbons (Fsp3) is 0.692. The standard InChI is InChI=1S/C26H38N4O10S/c1-24(39,14-6-4-3-5-7-14)26(25(2)15(10-11-40-25)20(34)30-26)23(38)41-13-17(21(35)28-12-19(32)33)29-18(31)9-8-16(27)22(36)37/h4,6,14-17,39H,3,5,7-13,27H2,1-2H3,(H,28,35)(H,29,31)(H,30,34)(H,32,33)(H,36,37)/t14-,15+,16?,17?,24+,25+,26-/m1/s1. The highest BCUT2D eigenvalue weighted by Crippen LogP contribution is 2.54. The number of carboxylic acid groups (broad SMARTS) is 2. The van der Waals surface area contributed by atoms with E-state index in [0.29, 0.717) is 24.6 Å². The van der Waals surface area contributed by atoms with Crippen LogP contribution in [-0.4, -0.2) is 97.8 Å². The topological polar surface area (TPSA) is 234 Å². The zero-order valence-corrected chi connectivity index (χ0v) is 23.8. The number of hydrogen-bond acceptors (Lipinski definition) is 10. The van der Waals surface area contributed by atoms with Crippen molar-refractivity contribution < 1.29 is 48.8 Å². The van der Waals surface area contributed by atoms with E-state index in [2.05, 4.69) is 16.0 Å². The number of nitrogens with two attached hydrogens (primary N) is 1. The van der Waals surface area contributed by atoms with Gasteiger partial charge in [-0.2, -0.15) is 0 Å². The van der Waals surface area contributed by atoms with Gasteiger partial charge >= 0.3 is 11.9 Å². The van der Waals surface area contributed by atoms with Crippen LogP contribution < -0.4 is 21.7 Å². The van der Waals surface area contributed by atoms with E-state index in [1.807, 2.05) is 12.2 Å². The number of fused-ring (bicyclic) bond motifs is 1. The Morgan fingerprint density at radius 2 is 1.98 bits per heavy atom. The van der Waals surface area contributed by atoms with E-state index in [-0.39, 0.29) is 25.2 Å². The van der Waals surface area contributed by atoms with Crippen molar-refractivity contribution in [3.8, 4) is 0 Å². The lowest BCUT2D eigenvalue weighted by Crippen LogP contribution is -2.75. The van der Waals surface area contributed by atoms with Crippen LogP contribution >= 0.6 is 11.8 Å². The molecule has 2 unspecified atom stereocenters. The number of nitrogens with one attached hydrogen (secondary N) is 3. The van der Waals surface area contributed by atoms with Gasteiger partial charge in [0, 0.05) is 24.7 Å². The smallest absolute Gasteiger partial charge is 0.322 e. The van der Waals surface area contributed by atoms with Gasteiger partial charge in [-0.1, -0.05) is 23.9 Å². The summed E-state index contributed by atoms with van der Waals surface area (Å²) in [4.78, 5) is 74.6. The maximum Gasteiger partial charge on any atom is 0.322 e. The summed E-state index contributed by atoms with van der Waals surface area (Å²) in [5.74, 6) is -6.27. The Morgan fingerprint density at radius 1 is 1.27 bits per heavy atom. The number of rotatable bonds is 13. The maximum atomic E-state index is 14.2. The number of carbonyl (C=O) groups is 6. The molecule has 2 aliphatic heterocycles. The van der Waals surface area contributed by atoms with Crippen molar-refractivity contribution in [2.45, 2.75) is 81.2 Å². The Balaban J connectivity index is 1.87. The van der Waals surface area contributed by atoms with Gasteiger partial charge in [0.05, 0.1) is 5.92 Å². The van der Waals surface area contributed by atoms with Crippen molar-refractivity contribution in [1.29, 1.82) is 0 Å². The third-order valence-electron chi connectivity index (χ3n) is 8.33. The molecular weight excluding hydrogens is 560 g/mol. The zero-order valence-electron chi connectivity index (χ0n) is 23.0. The lowest BCUT2D eigenvalue weighted by atomic mass is 9.62. The highest BCUT2D eigenvalue weighted by Gasteiger charge is 2.75. The third-order valence-corrected chi connectivity index (χ3v) is 9.40. The van der Waals surface area contributed by atoms with E-state index in [0.717, 1.165) is 12.8 Å². The Bertz CT molecular complexity index is 1110. The molecule has 0 bridgehead atoms. The quantitative estimate of drug-likeness (QED) is 0.125. The van der Waals surface area contributed by atoms with Gasteiger partial charge in [0.15, 0.2) is 5.54 Å². The summed E-state index contributed by atoms with van der Waals surface area (Å²) in [7, 11) is 0. The minimum Gasteiger partial charge on any atom is -0.480 e. The fourth-order valence-corrected chi connectivity index (χ4v) is 7.20. The molecule has 0 radical (unpaired) electrons. The van der Waals surface area contributed by atoms with Gasteiger partial charge < -0.3 is 41.7 Å². The van der Waals surface area contributed by atoms with Gasteiger partial charge in [-0.25, -0.2) is 0 Å². The van der Waals surface area contributed by atoms with Crippen LogP contribution in [0, 0.1) is 11.8 Å². The molecule has 3 aliphatic rings. The molecule has 0 spiro atoms. The molecule has 2 fully saturated rings. The first-order valence-corrected chi connectivity index (χ1v) is 14.5. The Labute approximate surface area is 241 Å². The molecule has 7 atom stereocenters. The molecule has 3 amide bonds. The van der Waals surface area contributed by atoms with Gasteiger partial charge in [-0.05, 0) is 46.0 Å². The van der Waals surface area contributed by atoms with E-state index < -0.39 is 82.0 Å². The lowest BCUT2D eigenvalue weighted by Gasteiger charge is -2.52. The summed E-state index contributed by atoms with van der Waals surface area (Å²) >= 11 is 0.595. The molecule has 0 aromatic carbocycles. The van der Waals surface area contributed by atoms with Crippen molar-refractivity contribution in [3.63, 3.8) is 0 Å². The van der Waals surface area contributed by atoms with Crippen LogP contribution in [0.4, 0.5) is 0 Å². The summed E-state index contributed by atoms with van der Waals surface area (Å²) in [6, 6.07) is -2.71. The number of aliphatic carboxylic acids is 2. The predicted molar refractivity (Wildman–Crippen MR) is 145 cm³/mol. The van der Waals surface area contributed by atoms with Crippen LogP contribution in [0.3, 0.4) is 0 Å². The van der Waals surface area contributed by atoms with Crippen LogP contribution in [0.15, 0.2) is 12.2 Å². The molecule has 228 valence electrons. The number of thioether (sulfide) groups is 1. The van der Waals surface area contributed by atoms with Gasteiger partial charge in [0.25, 0.3) is 0 Å². The van der Waals surface area contributed by atoms with Gasteiger partial charge in [0.1, 0.15) is 29.8 Å². The van der Waals surface area contributed by atoms with Crippen LogP contribution in [0.5, 0.6) is 0 Å². The predicted octanol–water partition coefficient (Wildman–Crippen LogP) is -1.10. The molecule has 2 heterocycles. The van der Waals surface area contributed by atoms with E-state index >= 15 is 0 Å². The van der Waals surface area contributed by atoms with E-state index in [1.54, 1.807) is 6.92 Å². The second kappa shape index (κ2) is 12.9. The minimum absolute atomic E-state index is 0.208. The fourth-order valence-electron chi connectivity index (χ4n) is 5.97. The highest BCUT2D eigenvalue weighted by atomic mass is 32.2. The van der Waals surface area contributed by atoms with Crippen molar-refractivity contribution >= 4 is 46.5 Å². The number of hydrogen-bond donors (Lipinski definition) is 7. The SMILES string of the molecule is C[C@](O)([C@@H]1C=CCCC1)[C@@]1(C(=O)SCC(NC(=O)CCC(N)C(=O)O)C(=O)NCC(=O)O)NC(=O)[C@@H]2CCO[C@@]21C. The minimum atomic E-state index is -1.91. The second-order valence-electron chi connectivity index (χ2n) is 11.0. The van der Waals surface area contributed by atoms with Crippen LogP contribution in [0.25, 0.3) is 0 Å². The van der Waals surface area contributed by atoms with Crippen molar-refractivity contribution in [2.75, 3.05) is 18.9 Å². The first kappa shape index (κ1) is 32.5. The van der Waals surface area contributed by atoms with Crippen molar-refractivity contribution in [3.05, 3.63) is 12.2 Å². The average molecular weight is 599 g/mol. The number of ether oxygens (including phenoxy) is 1. The summed E-state index contributed by atoms with van der Waals surface area (Å²) in [5.41, 5.74) is 0.333. The Kier molecular flexibility index (Phi) is 10.2. The van der Waals surface area contributed by atoms with Crippen LogP contribution in [0.2, 0.25) is 0 Å². The van der Waals surface area contributed by atoms with E-state index in [1.165, 1.54) is 6.92 Å². The van der Waals surface area contributed by atoms with Gasteiger partial charge in [-0.15, -0.1) is 0 Å². The average Bonchev–Trinajstić information content (AvgIpc) is 3.43. The molecule has 15 heteroatoms. The molecule has 2 saturated heterocycles. The molecule has 0 aromatic rings. The normalized spacial score (nSPS) is 29.9. The highest BCUT2D eigenvalue weighted by molar-refractivity contribution is 8.13. The van der Waals surface area contributed by atoms with Crippen LogP contribution in [0.1, 0.15) is 52.4 Å². The Morgan fingerprint density at radius 3 is 2.59 bits per heavy atom. The largest absolute Gasteiger partial charge is 0.480 e. The first-order valence-electron chi connectivity index (χ1n) is 13.5. The monoisotopic (exact) mass is 598 g/mol. The molecule has 3 rings (SSSR count). The zero-order chi connectivity index (χ0) is 30.6. The summed E-state index contributed by atoms with van der Waals surface area (Å²) in [6.07, 6.45) is 5.68. The van der Waals surface area contributed by atoms with Crippen molar-refractivity contribution in [1.82, 2.24) is 16.0 Å². The third kappa shape index (κ3) is 6.42. The molecule has 0 saturated carbocycles. The summed E-state index contributed by atoms with van der Waals surface area (Å²) in [5, 5.41) is 36.6. The molecule has 0 aromatic heterocycles. The molecule has 41 heavy (non-hydrogen) atoms. The van der Waals surface area contributed by atoms with Crippen LogP contribution in [-0.2, 0) is 33.5 Å². The summed E-state index contributed by atoms with van der Waals surface area (Å²) in [6.45, 7) is 2.57. The van der Waals surface area contributed by atoms with Gasteiger partial charge in [-0.3, -0.25) is 28.8 Å². The molecule has 1 aliphatic carbocycles. The Hall–Kier alpha value is -3.01. The van der Waals surface area contributed by atoms with Gasteiger partial charge in [0.2, 0.25) is 22.8 Å². The molecular formula is C26H38N4O10S. The maximum absolute atomic E-state index is 14.2. The number of allylic oxidation sites excluding steroid dienone is 1. The first-order chi connectivity index (χ1) is 19.2. The number of aliphatic hydroxyl groups is 1. The number of carboxylic acids is 2.